The number of aromatic nitrogens is 1. The van der Waals surface area contributed by atoms with Crippen LogP contribution in [0.1, 0.15) is 65.2 Å². The number of carbonyl (C=O) groups excluding carboxylic acids is 3. The standard InChI is InChI=1S/C28H39N3O6/c1-19(2)15-23(30-20(3)32)26(36-18-21-11-9-8-10-12-21)22-13-14-29-24(16-22)31(17-25(33)35-7)27(34)37-28(4,5)6/h8-14,16,19,23,26H,15,17-18H2,1-7H3,(H,30,32)/t23-,26?/m0/s1. The van der Waals surface area contributed by atoms with Gasteiger partial charge in [-0.15, -0.1) is 0 Å². The summed E-state index contributed by atoms with van der Waals surface area (Å²) in [7, 11) is 1.25. The second kappa shape index (κ2) is 13.7. The second-order valence-corrected chi connectivity index (χ2v) is 10.2. The highest BCUT2D eigenvalue weighted by Crippen LogP contribution is 2.29. The molecule has 0 aliphatic carbocycles. The Morgan fingerprint density at radius 1 is 1.08 bits per heavy atom. The van der Waals surface area contributed by atoms with Crippen molar-refractivity contribution in [1.82, 2.24) is 10.3 Å². The number of rotatable bonds is 11. The monoisotopic (exact) mass is 513 g/mol. The van der Waals surface area contributed by atoms with E-state index in [-0.39, 0.29) is 30.2 Å². The minimum Gasteiger partial charge on any atom is -0.468 e. The number of hydrogen-bond donors (Lipinski definition) is 1. The van der Waals surface area contributed by atoms with E-state index in [1.165, 1.54) is 14.0 Å². The molecule has 1 aromatic heterocycles. The van der Waals surface area contributed by atoms with Crippen LogP contribution in [0.2, 0.25) is 0 Å². The Kier molecular flexibility index (Phi) is 11.1. The van der Waals surface area contributed by atoms with Crippen LogP contribution in [0.15, 0.2) is 48.7 Å². The number of nitrogens with one attached hydrogen (secondary N) is 1. The summed E-state index contributed by atoms with van der Waals surface area (Å²) in [5.41, 5.74) is 0.894. The lowest BCUT2D eigenvalue weighted by molar-refractivity contribution is -0.139. The number of benzene rings is 1. The summed E-state index contributed by atoms with van der Waals surface area (Å²) in [5, 5.41) is 3.03. The average Bonchev–Trinajstić information content (AvgIpc) is 2.81. The quantitative estimate of drug-likeness (QED) is 0.430. The van der Waals surface area contributed by atoms with Crippen LogP contribution in [0.4, 0.5) is 10.6 Å². The summed E-state index contributed by atoms with van der Waals surface area (Å²) in [4.78, 5) is 42.7. The summed E-state index contributed by atoms with van der Waals surface area (Å²) < 4.78 is 16.7. The van der Waals surface area contributed by atoms with Crippen LogP contribution < -0.4 is 10.2 Å². The molecule has 2 atom stereocenters. The zero-order chi connectivity index (χ0) is 27.6. The first-order valence-electron chi connectivity index (χ1n) is 12.4. The van der Waals surface area contributed by atoms with Crippen molar-refractivity contribution in [3.63, 3.8) is 0 Å². The van der Waals surface area contributed by atoms with Gasteiger partial charge in [0.15, 0.2) is 0 Å². The van der Waals surface area contributed by atoms with Crippen molar-refractivity contribution in [3.05, 3.63) is 59.8 Å². The van der Waals surface area contributed by atoms with Crippen LogP contribution in [0.5, 0.6) is 0 Å². The first-order chi connectivity index (χ1) is 17.4. The van der Waals surface area contributed by atoms with Crippen LogP contribution in [0.3, 0.4) is 0 Å². The van der Waals surface area contributed by atoms with Crippen LogP contribution >= 0.6 is 0 Å². The number of amides is 2. The van der Waals surface area contributed by atoms with Crippen molar-refractivity contribution < 1.29 is 28.6 Å². The highest BCUT2D eigenvalue weighted by atomic mass is 16.6. The van der Waals surface area contributed by atoms with Crippen molar-refractivity contribution in [2.45, 2.75) is 72.3 Å². The van der Waals surface area contributed by atoms with Gasteiger partial charge in [0.05, 0.1) is 19.8 Å². The van der Waals surface area contributed by atoms with Gasteiger partial charge in [0.1, 0.15) is 24.1 Å². The van der Waals surface area contributed by atoms with Crippen LogP contribution in [-0.4, -0.2) is 48.3 Å². The lowest BCUT2D eigenvalue weighted by atomic mass is 9.94. The molecule has 0 aliphatic heterocycles. The van der Waals surface area contributed by atoms with Crippen molar-refractivity contribution in [1.29, 1.82) is 0 Å². The fourth-order valence-electron chi connectivity index (χ4n) is 3.74. The van der Waals surface area contributed by atoms with E-state index in [0.717, 1.165) is 10.5 Å². The van der Waals surface area contributed by atoms with Gasteiger partial charge >= 0.3 is 12.1 Å². The number of ether oxygens (including phenoxy) is 3. The topological polar surface area (TPSA) is 107 Å². The maximum atomic E-state index is 13.0. The largest absolute Gasteiger partial charge is 0.468 e. The van der Waals surface area contributed by atoms with Gasteiger partial charge in [-0.05, 0) is 56.4 Å². The molecule has 1 N–H and O–H groups in total. The first-order valence-corrected chi connectivity index (χ1v) is 12.4. The van der Waals surface area contributed by atoms with E-state index in [4.69, 9.17) is 14.2 Å². The fraction of sp³-hybridized carbons (Fsp3) is 0.500. The molecule has 1 heterocycles. The summed E-state index contributed by atoms with van der Waals surface area (Å²) in [6, 6.07) is 12.8. The van der Waals surface area contributed by atoms with Gasteiger partial charge in [0.25, 0.3) is 0 Å². The molecular weight excluding hydrogens is 474 g/mol. The van der Waals surface area contributed by atoms with E-state index < -0.39 is 23.8 Å². The SMILES string of the molecule is COC(=O)CN(C(=O)OC(C)(C)C)c1cc(C(OCc2ccccc2)[C@H](CC(C)C)NC(C)=O)ccn1. The zero-order valence-electron chi connectivity index (χ0n) is 22.8. The van der Waals surface area contributed by atoms with E-state index >= 15 is 0 Å². The molecule has 0 spiro atoms. The highest BCUT2D eigenvalue weighted by molar-refractivity contribution is 5.92. The maximum Gasteiger partial charge on any atom is 0.416 e. The minimum atomic E-state index is -0.780. The third-order valence-corrected chi connectivity index (χ3v) is 5.26. The summed E-state index contributed by atoms with van der Waals surface area (Å²) in [6.07, 6.45) is 0.921. The zero-order valence-corrected chi connectivity index (χ0v) is 22.8. The Hall–Kier alpha value is -3.46. The van der Waals surface area contributed by atoms with Gasteiger partial charge in [-0.3, -0.25) is 14.5 Å². The first kappa shape index (κ1) is 29.8. The lowest BCUT2D eigenvalue weighted by Gasteiger charge is -2.31. The molecule has 0 saturated heterocycles. The van der Waals surface area contributed by atoms with Gasteiger partial charge in [0, 0.05) is 13.1 Å². The number of esters is 1. The smallest absolute Gasteiger partial charge is 0.416 e. The second-order valence-electron chi connectivity index (χ2n) is 10.2. The van der Waals surface area contributed by atoms with Crippen molar-refractivity contribution in [2.75, 3.05) is 18.6 Å². The molecule has 0 fully saturated rings. The Morgan fingerprint density at radius 3 is 2.32 bits per heavy atom. The average molecular weight is 514 g/mol. The molecule has 0 bridgehead atoms. The molecule has 0 aliphatic rings. The Labute approximate surface area is 219 Å². The van der Waals surface area contributed by atoms with E-state index in [0.29, 0.717) is 18.6 Å². The number of pyridine rings is 1. The molecule has 2 amide bonds. The number of carbonyl (C=O) groups is 3. The highest BCUT2D eigenvalue weighted by Gasteiger charge is 2.30. The van der Waals surface area contributed by atoms with Gasteiger partial charge in [0.2, 0.25) is 5.91 Å². The third kappa shape index (κ3) is 10.2. The summed E-state index contributed by atoms with van der Waals surface area (Å²) in [5.74, 6) is -0.310. The number of hydrogen-bond acceptors (Lipinski definition) is 7. The molecule has 9 heteroatoms. The third-order valence-electron chi connectivity index (χ3n) is 5.26. The molecule has 1 unspecified atom stereocenters. The normalized spacial score (nSPS) is 13.0. The van der Waals surface area contributed by atoms with E-state index in [1.807, 2.05) is 30.3 Å². The van der Waals surface area contributed by atoms with E-state index in [1.54, 1.807) is 39.1 Å². The molecule has 0 radical (unpaired) electrons. The van der Waals surface area contributed by atoms with Crippen molar-refractivity contribution in [3.8, 4) is 0 Å². The van der Waals surface area contributed by atoms with Gasteiger partial charge < -0.3 is 19.5 Å². The van der Waals surface area contributed by atoms with Crippen molar-refractivity contribution >= 4 is 23.8 Å². The fourth-order valence-corrected chi connectivity index (χ4v) is 3.74. The summed E-state index contributed by atoms with van der Waals surface area (Å²) >= 11 is 0. The van der Waals surface area contributed by atoms with Gasteiger partial charge in [-0.25, -0.2) is 9.78 Å². The lowest BCUT2D eigenvalue weighted by Crippen LogP contribution is -2.41. The molecule has 202 valence electrons. The Bertz CT molecular complexity index is 1040. The molecular formula is C28H39N3O6. The molecule has 0 saturated carbocycles. The molecule has 2 aromatic rings. The molecule has 9 nitrogen and oxygen atoms in total. The van der Waals surface area contributed by atoms with E-state index in [2.05, 4.69) is 24.1 Å². The Morgan fingerprint density at radius 2 is 1.76 bits per heavy atom. The molecule has 2 rings (SSSR count). The van der Waals surface area contributed by atoms with Crippen molar-refractivity contribution in [2.24, 2.45) is 5.92 Å². The summed E-state index contributed by atoms with van der Waals surface area (Å²) in [6.45, 7) is 10.8. The number of nitrogens with zero attached hydrogens (tertiary/aromatic N) is 2. The number of methoxy groups -OCH3 is 1. The van der Waals surface area contributed by atoms with Crippen LogP contribution in [0, 0.1) is 5.92 Å². The maximum absolute atomic E-state index is 13.0. The predicted octanol–water partition coefficient (Wildman–Crippen LogP) is 4.80. The number of anilines is 1. The Balaban J connectivity index is 2.49. The van der Waals surface area contributed by atoms with E-state index in [9.17, 15) is 14.4 Å². The molecule has 1 aromatic carbocycles. The van der Waals surface area contributed by atoms with Gasteiger partial charge in [-0.2, -0.15) is 0 Å². The van der Waals surface area contributed by atoms with Crippen LogP contribution in [0.25, 0.3) is 0 Å². The van der Waals surface area contributed by atoms with Crippen LogP contribution in [-0.2, 0) is 30.4 Å². The molecule has 37 heavy (non-hydrogen) atoms. The van der Waals surface area contributed by atoms with Gasteiger partial charge in [-0.1, -0.05) is 44.2 Å². The minimum absolute atomic E-state index is 0.172. The predicted molar refractivity (Wildman–Crippen MR) is 141 cm³/mol.